The van der Waals surface area contributed by atoms with Gasteiger partial charge in [-0.15, -0.1) is 0 Å². The Kier molecular flexibility index (Phi) is 3.70. The Balaban J connectivity index is 1.67. The first-order valence-corrected chi connectivity index (χ1v) is 7.71. The van der Waals surface area contributed by atoms with E-state index in [1.807, 2.05) is 19.1 Å². The SMILES string of the molecule is CC1(C(=O)Oc2ccc(N3CCCC3=O)cc2)CCCC1. The zero-order chi connectivity index (χ0) is 14.9. The van der Waals surface area contributed by atoms with Gasteiger partial charge < -0.3 is 9.64 Å². The van der Waals surface area contributed by atoms with Crippen molar-refractivity contribution < 1.29 is 14.3 Å². The van der Waals surface area contributed by atoms with Gasteiger partial charge in [-0.2, -0.15) is 0 Å². The summed E-state index contributed by atoms with van der Waals surface area (Å²) in [5.41, 5.74) is 0.549. The Morgan fingerprint density at radius 1 is 1.14 bits per heavy atom. The average Bonchev–Trinajstić information content (AvgIpc) is 3.09. The van der Waals surface area contributed by atoms with Crippen molar-refractivity contribution in [1.82, 2.24) is 0 Å². The molecule has 1 aliphatic carbocycles. The highest BCUT2D eigenvalue weighted by Crippen LogP contribution is 2.39. The molecule has 1 amide bonds. The molecular formula is C17H21NO3. The van der Waals surface area contributed by atoms with Crippen molar-refractivity contribution in [3.63, 3.8) is 0 Å². The molecule has 1 saturated heterocycles. The van der Waals surface area contributed by atoms with Crippen LogP contribution in [-0.2, 0) is 9.59 Å². The van der Waals surface area contributed by atoms with Crippen LogP contribution in [0.4, 0.5) is 5.69 Å². The topological polar surface area (TPSA) is 46.6 Å². The molecule has 1 saturated carbocycles. The number of benzene rings is 1. The number of carbonyl (C=O) groups is 2. The number of ether oxygens (including phenoxy) is 1. The van der Waals surface area contributed by atoms with Crippen LogP contribution in [-0.4, -0.2) is 18.4 Å². The van der Waals surface area contributed by atoms with Crippen molar-refractivity contribution in [3.05, 3.63) is 24.3 Å². The Morgan fingerprint density at radius 3 is 2.38 bits per heavy atom. The van der Waals surface area contributed by atoms with Gasteiger partial charge in [-0.05, 0) is 50.5 Å². The summed E-state index contributed by atoms with van der Waals surface area (Å²) >= 11 is 0. The molecule has 112 valence electrons. The van der Waals surface area contributed by atoms with Crippen molar-refractivity contribution in [2.75, 3.05) is 11.4 Å². The van der Waals surface area contributed by atoms with Crippen LogP contribution in [0.25, 0.3) is 0 Å². The van der Waals surface area contributed by atoms with E-state index in [0.717, 1.165) is 44.3 Å². The van der Waals surface area contributed by atoms with E-state index in [1.54, 1.807) is 17.0 Å². The fourth-order valence-corrected chi connectivity index (χ4v) is 3.20. The lowest BCUT2D eigenvalue weighted by Gasteiger charge is -2.21. The summed E-state index contributed by atoms with van der Waals surface area (Å²) in [6.07, 6.45) is 5.55. The molecule has 3 rings (SSSR count). The van der Waals surface area contributed by atoms with Gasteiger partial charge >= 0.3 is 5.97 Å². The molecule has 4 heteroatoms. The minimum absolute atomic E-state index is 0.134. The van der Waals surface area contributed by atoms with Crippen LogP contribution >= 0.6 is 0 Å². The van der Waals surface area contributed by atoms with Gasteiger partial charge in [-0.1, -0.05) is 12.8 Å². The first-order valence-electron chi connectivity index (χ1n) is 7.71. The van der Waals surface area contributed by atoms with E-state index in [0.29, 0.717) is 12.2 Å². The number of esters is 1. The monoisotopic (exact) mass is 287 g/mol. The third-order valence-corrected chi connectivity index (χ3v) is 4.63. The Hall–Kier alpha value is -1.84. The highest BCUT2D eigenvalue weighted by atomic mass is 16.5. The van der Waals surface area contributed by atoms with Crippen molar-refractivity contribution >= 4 is 17.6 Å². The van der Waals surface area contributed by atoms with Crippen molar-refractivity contribution in [3.8, 4) is 5.75 Å². The van der Waals surface area contributed by atoms with Crippen LogP contribution in [0.15, 0.2) is 24.3 Å². The van der Waals surface area contributed by atoms with E-state index in [9.17, 15) is 9.59 Å². The first kappa shape index (κ1) is 14.1. The molecule has 0 radical (unpaired) electrons. The summed E-state index contributed by atoms with van der Waals surface area (Å²) in [6, 6.07) is 7.25. The number of hydrogen-bond acceptors (Lipinski definition) is 3. The van der Waals surface area contributed by atoms with E-state index in [-0.39, 0.29) is 17.3 Å². The van der Waals surface area contributed by atoms with E-state index >= 15 is 0 Å². The first-order chi connectivity index (χ1) is 10.1. The molecular weight excluding hydrogens is 266 g/mol. The van der Waals surface area contributed by atoms with E-state index < -0.39 is 0 Å². The zero-order valence-electron chi connectivity index (χ0n) is 12.4. The van der Waals surface area contributed by atoms with Crippen molar-refractivity contribution in [1.29, 1.82) is 0 Å². The molecule has 0 unspecified atom stereocenters. The fraction of sp³-hybridized carbons (Fsp3) is 0.529. The standard InChI is InChI=1S/C17H21NO3/c1-17(10-2-3-11-17)16(20)21-14-8-6-13(7-9-14)18-12-4-5-15(18)19/h6-9H,2-5,10-12H2,1H3. The summed E-state index contributed by atoms with van der Waals surface area (Å²) in [5.74, 6) is 0.590. The molecule has 1 aromatic rings. The third-order valence-electron chi connectivity index (χ3n) is 4.63. The van der Waals surface area contributed by atoms with Crippen LogP contribution in [0.1, 0.15) is 45.4 Å². The summed E-state index contributed by atoms with van der Waals surface area (Å²) in [5, 5.41) is 0. The molecule has 1 aromatic carbocycles. The smallest absolute Gasteiger partial charge is 0.317 e. The summed E-state index contributed by atoms with van der Waals surface area (Å²) in [6.45, 7) is 2.76. The minimum atomic E-state index is -0.330. The molecule has 0 bridgehead atoms. The maximum absolute atomic E-state index is 12.2. The number of hydrogen-bond donors (Lipinski definition) is 0. The van der Waals surface area contributed by atoms with Gasteiger partial charge in [0.25, 0.3) is 0 Å². The van der Waals surface area contributed by atoms with Crippen LogP contribution in [0.3, 0.4) is 0 Å². The molecule has 0 N–H and O–H groups in total. The molecule has 1 heterocycles. The van der Waals surface area contributed by atoms with Gasteiger partial charge in [0.05, 0.1) is 5.41 Å². The number of rotatable bonds is 3. The lowest BCUT2D eigenvalue weighted by Crippen LogP contribution is -2.29. The molecule has 0 atom stereocenters. The van der Waals surface area contributed by atoms with Crippen molar-refractivity contribution in [2.24, 2.45) is 5.41 Å². The number of nitrogens with zero attached hydrogens (tertiary/aromatic N) is 1. The van der Waals surface area contributed by atoms with Gasteiger partial charge in [0.15, 0.2) is 0 Å². The quantitative estimate of drug-likeness (QED) is 0.633. The van der Waals surface area contributed by atoms with Gasteiger partial charge in [0.2, 0.25) is 5.91 Å². The Morgan fingerprint density at radius 2 is 1.81 bits per heavy atom. The largest absolute Gasteiger partial charge is 0.426 e. The Bertz CT molecular complexity index is 544. The number of carbonyl (C=O) groups excluding carboxylic acids is 2. The lowest BCUT2D eigenvalue weighted by atomic mass is 9.89. The summed E-state index contributed by atoms with van der Waals surface area (Å²) < 4.78 is 5.50. The summed E-state index contributed by atoms with van der Waals surface area (Å²) in [4.78, 5) is 25.7. The predicted octanol–water partition coefficient (Wildman–Crippen LogP) is 3.30. The van der Waals surface area contributed by atoms with Gasteiger partial charge in [0, 0.05) is 18.7 Å². The molecule has 1 aliphatic heterocycles. The molecule has 0 spiro atoms. The van der Waals surface area contributed by atoms with E-state index in [4.69, 9.17) is 4.74 Å². The normalized spacial score (nSPS) is 20.8. The second-order valence-corrected chi connectivity index (χ2v) is 6.30. The molecule has 0 aromatic heterocycles. The predicted molar refractivity (Wildman–Crippen MR) is 80.2 cm³/mol. The highest BCUT2D eigenvalue weighted by molar-refractivity contribution is 5.95. The fourth-order valence-electron chi connectivity index (χ4n) is 3.20. The second kappa shape index (κ2) is 5.51. The average molecular weight is 287 g/mol. The molecule has 2 aliphatic rings. The molecule has 21 heavy (non-hydrogen) atoms. The minimum Gasteiger partial charge on any atom is -0.426 e. The van der Waals surface area contributed by atoms with Crippen LogP contribution in [0.2, 0.25) is 0 Å². The Labute approximate surface area is 125 Å². The summed E-state index contributed by atoms with van der Waals surface area (Å²) in [7, 11) is 0. The maximum atomic E-state index is 12.2. The number of anilines is 1. The number of amides is 1. The zero-order valence-corrected chi connectivity index (χ0v) is 12.4. The lowest BCUT2D eigenvalue weighted by molar-refractivity contribution is -0.144. The third kappa shape index (κ3) is 2.80. The van der Waals surface area contributed by atoms with E-state index in [2.05, 4.69) is 0 Å². The second-order valence-electron chi connectivity index (χ2n) is 6.30. The van der Waals surface area contributed by atoms with Gasteiger partial charge in [-0.25, -0.2) is 0 Å². The van der Waals surface area contributed by atoms with Gasteiger partial charge in [0.1, 0.15) is 5.75 Å². The van der Waals surface area contributed by atoms with Crippen LogP contribution in [0, 0.1) is 5.41 Å². The van der Waals surface area contributed by atoms with Crippen molar-refractivity contribution in [2.45, 2.75) is 45.4 Å². The van der Waals surface area contributed by atoms with E-state index in [1.165, 1.54) is 0 Å². The maximum Gasteiger partial charge on any atom is 0.317 e. The van der Waals surface area contributed by atoms with Crippen LogP contribution < -0.4 is 9.64 Å². The van der Waals surface area contributed by atoms with Gasteiger partial charge in [-0.3, -0.25) is 9.59 Å². The molecule has 4 nitrogen and oxygen atoms in total. The highest BCUT2D eigenvalue weighted by Gasteiger charge is 2.38. The van der Waals surface area contributed by atoms with Crippen LogP contribution in [0.5, 0.6) is 5.75 Å². The molecule has 2 fully saturated rings.